The van der Waals surface area contributed by atoms with Gasteiger partial charge in [0.2, 0.25) is 0 Å². The molecule has 2 aromatic rings. The van der Waals surface area contributed by atoms with Crippen molar-refractivity contribution < 1.29 is 18.4 Å². The summed E-state index contributed by atoms with van der Waals surface area (Å²) in [6, 6.07) is 9.41. The van der Waals surface area contributed by atoms with Gasteiger partial charge >= 0.3 is 0 Å². The summed E-state index contributed by atoms with van der Waals surface area (Å²) in [7, 11) is 0. The van der Waals surface area contributed by atoms with Crippen molar-refractivity contribution in [2.24, 2.45) is 0 Å². The number of amides is 2. The van der Waals surface area contributed by atoms with Crippen molar-refractivity contribution in [3.63, 3.8) is 0 Å². The lowest BCUT2D eigenvalue weighted by Crippen LogP contribution is -2.41. The number of nitrogens with one attached hydrogen (secondary N) is 2. The first-order valence-electron chi connectivity index (χ1n) is 6.66. The summed E-state index contributed by atoms with van der Waals surface area (Å²) >= 11 is 0. The highest BCUT2D eigenvalue weighted by Crippen LogP contribution is 2.09. The number of hydrogen-bond acceptors (Lipinski definition) is 2. The van der Waals surface area contributed by atoms with E-state index in [4.69, 9.17) is 0 Å². The van der Waals surface area contributed by atoms with Gasteiger partial charge < -0.3 is 0 Å². The van der Waals surface area contributed by atoms with E-state index in [1.54, 1.807) is 24.3 Å². The average molecular weight is 304 g/mol. The topological polar surface area (TPSA) is 58.2 Å². The second-order valence-corrected chi connectivity index (χ2v) is 4.58. The summed E-state index contributed by atoms with van der Waals surface area (Å²) in [4.78, 5) is 23.6. The van der Waals surface area contributed by atoms with Gasteiger partial charge in [-0.25, -0.2) is 8.78 Å². The first kappa shape index (κ1) is 15.6. The molecular formula is C16H14F2N2O2. The minimum atomic E-state index is -1.00. The molecule has 22 heavy (non-hydrogen) atoms. The van der Waals surface area contributed by atoms with Crippen molar-refractivity contribution in [1.82, 2.24) is 10.9 Å². The molecule has 0 saturated heterocycles. The number of carbonyl (C=O) groups excluding carboxylic acids is 2. The maximum atomic E-state index is 13.4. The van der Waals surface area contributed by atoms with Crippen LogP contribution in [-0.4, -0.2) is 11.8 Å². The molecule has 0 heterocycles. The van der Waals surface area contributed by atoms with Crippen LogP contribution in [0.1, 0.15) is 33.2 Å². The van der Waals surface area contributed by atoms with Crippen LogP contribution in [0.5, 0.6) is 0 Å². The van der Waals surface area contributed by atoms with Gasteiger partial charge in [0.05, 0.1) is 5.56 Å². The lowest BCUT2D eigenvalue weighted by atomic mass is 10.1. The van der Waals surface area contributed by atoms with Crippen molar-refractivity contribution in [1.29, 1.82) is 0 Å². The maximum absolute atomic E-state index is 13.4. The van der Waals surface area contributed by atoms with Gasteiger partial charge in [-0.15, -0.1) is 0 Å². The van der Waals surface area contributed by atoms with Gasteiger partial charge in [-0.2, -0.15) is 0 Å². The molecular weight excluding hydrogens is 290 g/mol. The van der Waals surface area contributed by atoms with Gasteiger partial charge in [0, 0.05) is 11.6 Å². The zero-order valence-electron chi connectivity index (χ0n) is 11.8. The second kappa shape index (κ2) is 6.80. The van der Waals surface area contributed by atoms with E-state index in [1.165, 1.54) is 0 Å². The molecule has 0 aromatic heterocycles. The molecule has 0 aliphatic rings. The number of benzene rings is 2. The maximum Gasteiger partial charge on any atom is 0.272 e. The number of hydrazine groups is 1. The number of hydrogen-bond donors (Lipinski definition) is 2. The summed E-state index contributed by atoms with van der Waals surface area (Å²) in [6.07, 6.45) is 0.850. The molecule has 0 aliphatic carbocycles. The van der Waals surface area contributed by atoms with Crippen molar-refractivity contribution in [3.05, 3.63) is 70.8 Å². The van der Waals surface area contributed by atoms with E-state index < -0.39 is 23.4 Å². The predicted octanol–water partition coefficient (Wildman–Crippen LogP) is 2.60. The molecule has 0 spiro atoms. The number of halogens is 2. The van der Waals surface area contributed by atoms with Crippen LogP contribution in [0.15, 0.2) is 42.5 Å². The molecule has 0 bridgehead atoms. The largest absolute Gasteiger partial charge is 0.272 e. The van der Waals surface area contributed by atoms with Crippen LogP contribution in [0.2, 0.25) is 0 Å². The zero-order valence-corrected chi connectivity index (χ0v) is 11.8. The summed E-state index contributed by atoms with van der Waals surface area (Å²) in [5.74, 6) is -3.18. The average Bonchev–Trinajstić information content (AvgIpc) is 2.52. The van der Waals surface area contributed by atoms with E-state index in [0.717, 1.165) is 24.1 Å². The van der Waals surface area contributed by atoms with Crippen LogP contribution in [0.25, 0.3) is 0 Å². The highest BCUT2D eigenvalue weighted by molar-refractivity contribution is 5.99. The summed E-state index contributed by atoms with van der Waals surface area (Å²) in [6.45, 7) is 1.99. The van der Waals surface area contributed by atoms with Crippen molar-refractivity contribution >= 4 is 11.8 Å². The molecule has 0 radical (unpaired) electrons. The third-order valence-corrected chi connectivity index (χ3v) is 3.09. The SMILES string of the molecule is CCc1ccc(C(=O)NNC(=O)c2ccc(F)cc2F)cc1. The third kappa shape index (κ3) is 3.66. The van der Waals surface area contributed by atoms with Crippen LogP contribution in [0.4, 0.5) is 8.78 Å². The van der Waals surface area contributed by atoms with Gasteiger partial charge in [-0.05, 0) is 36.2 Å². The van der Waals surface area contributed by atoms with Crippen LogP contribution in [0.3, 0.4) is 0 Å². The quantitative estimate of drug-likeness (QED) is 0.856. The fourth-order valence-electron chi connectivity index (χ4n) is 1.82. The molecule has 2 N–H and O–H groups in total. The molecule has 0 aliphatic heterocycles. The molecule has 4 nitrogen and oxygen atoms in total. The van der Waals surface area contributed by atoms with Crippen molar-refractivity contribution in [3.8, 4) is 0 Å². The highest BCUT2D eigenvalue weighted by Gasteiger charge is 2.13. The molecule has 114 valence electrons. The summed E-state index contributed by atoms with van der Waals surface area (Å²) in [5.41, 5.74) is 5.34. The fraction of sp³-hybridized carbons (Fsp3) is 0.125. The molecule has 2 amide bonds. The van der Waals surface area contributed by atoms with E-state index >= 15 is 0 Å². The molecule has 2 aromatic carbocycles. The van der Waals surface area contributed by atoms with Gasteiger partial charge in [-0.1, -0.05) is 19.1 Å². The molecule has 0 fully saturated rings. The number of aryl methyl sites for hydroxylation is 1. The number of carbonyl (C=O) groups is 2. The van der Waals surface area contributed by atoms with E-state index in [0.29, 0.717) is 11.6 Å². The monoisotopic (exact) mass is 304 g/mol. The Morgan fingerprint density at radius 3 is 2.18 bits per heavy atom. The molecule has 0 atom stereocenters. The Morgan fingerprint density at radius 2 is 1.59 bits per heavy atom. The molecule has 0 unspecified atom stereocenters. The van der Waals surface area contributed by atoms with E-state index in [-0.39, 0.29) is 5.56 Å². The minimum absolute atomic E-state index is 0.358. The fourth-order valence-corrected chi connectivity index (χ4v) is 1.82. The predicted molar refractivity (Wildman–Crippen MR) is 77.1 cm³/mol. The molecule has 0 saturated carbocycles. The van der Waals surface area contributed by atoms with Crippen molar-refractivity contribution in [2.45, 2.75) is 13.3 Å². The van der Waals surface area contributed by atoms with E-state index in [1.807, 2.05) is 6.92 Å². The first-order chi connectivity index (χ1) is 10.5. The smallest absolute Gasteiger partial charge is 0.267 e. The molecule has 6 heteroatoms. The van der Waals surface area contributed by atoms with Crippen LogP contribution >= 0.6 is 0 Å². The third-order valence-electron chi connectivity index (χ3n) is 3.09. The normalized spacial score (nSPS) is 10.1. The van der Waals surface area contributed by atoms with E-state index in [9.17, 15) is 18.4 Å². The van der Waals surface area contributed by atoms with Crippen LogP contribution < -0.4 is 10.9 Å². The van der Waals surface area contributed by atoms with Crippen LogP contribution in [0, 0.1) is 11.6 Å². The Labute approximate surface area is 126 Å². The second-order valence-electron chi connectivity index (χ2n) is 4.58. The lowest BCUT2D eigenvalue weighted by molar-refractivity contribution is 0.0844. The Morgan fingerprint density at radius 1 is 0.955 bits per heavy atom. The zero-order chi connectivity index (χ0) is 16.1. The van der Waals surface area contributed by atoms with E-state index in [2.05, 4.69) is 10.9 Å². The first-order valence-corrected chi connectivity index (χ1v) is 6.66. The minimum Gasteiger partial charge on any atom is -0.267 e. The number of rotatable bonds is 3. The van der Waals surface area contributed by atoms with Gasteiger partial charge in [0.25, 0.3) is 11.8 Å². The van der Waals surface area contributed by atoms with Crippen molar-refractivity contribution in [2.75, 3.05) is 0 Å². The molecule has 2 rings (SSSR count). The summed E-state index contributed by atoms with van der Waals surface area (Å²) < 4.78 is 26.2. The Balaban J connectivity index is 1.99. The standard InChI is InChI=1S/C16H14F2N2O2/c1-2-10-3-5-11(6-4-10)15(21)19-20-16(22)13-8-7-12(17)9-14(13)18/h3-9H,2H2,1H3,(H,19,21)(H,20,22). The Kier molecular flexibility index (Phi) is 4.83. The van der Waals surface area contributed by atoms with Gasteiger partial charge in [0.1, 0.15) is 11.6 Å². The Bertz CT molecular complexity index is 700. The van der Waals surface area contributed by atoms with Crippen LogP contribution in [-0.2, 0) is 6.42 Å². The summed E-state index contributed by atoms with van der Waals surface area (Å²) in [5, 5.41) is 0. The Hall–Kier alpha value is -2.76. The van der Waals surface area contributed by atoms with Gasteiger partial charge in [0.15, 0.2) is 0 Å². The van der Waals surface area contributed by atoms with Gasteiger partial charge in [-0.3, -0.25) is 20.4 Å². The highest BCUT2D eigenvalue weighted by atomic mass is 19.1. The lowest BCUT2D eigenvalue weighted by Gasteiger charge is -2.08.